The zero-order chi connectivity index (χ0) is 9.56. The Morgan fingerprint density at radius 1 is 1.58 bits per heavy atom. The van der Waals surface area contributed by atoms with Gasteiger partial charge in [0, 0.05) is 18.7 Å². The second kappa shape index (κ2) is 5.31. The Morgan fingerprint density at radius 2 is 2.17 bits per heavy atom. The van der Waals surface area contributed by atoms with E-state index in [0.717, 1.165) is 0 Å². The monoisotopic (exact) mass is 172 g/mol. The molecule has 12 heavy (non-hydrogen) atoms. The Bertz CT molecular complexity index is 221. The largest absolute Gasteiger partial charge is 0.377 e. The molecule has 0 radical (unpaired) electrons. The summed E-state index contributed by atoms with van der Waals surface area (Å²) in [5, 5.41) is 21.1. The molecule has 68 valence electrons. The van der Waals surface area contributed by atoms with Crippen LogP contribution in [0.2, 0.25) is 0 Å². The van der Waals surface area contributed by atoms with Crippen molar-refractivity contribution in [2.75, 3.05) is 6.73 Å². The van der Waals surface area contributed by atoms with Gasteiger partial charge in [-0.05, 0) is 13.0 Å². The Morgan fingerprint density at radius 3 is 2.58 bits per heavy atom. The van der Waals surface area contributed by atoms with Gasteiger partial charge in [-0.25, -0.2) is 0 Å². The predicted molar refractivity (Wildman–Crippen MR) is 44.7 cm³/mol. The molecule has 0 bridgehead atoms. The van der Waals surface area contributed by atoms with Gasteiger partial charge in [-0.15, -0.1) is 0 Å². The van der Waals surface area contributed by atoms with Crippen LogP contribution in [0.3, 0.4) is 0 Å². The molecule has 2 N–H and O–H groups in total. The number of nitrogens with zero attached hydrogens (tertiary/aromatic N) is 1. The van der Waals surface area contributed by atoms with Crippen molar-refractivity contribution in [3.05, 3.63) is 33.7 Å². The first-order valence-electron chi connectivity index (χ1n) is 3.42. The van der Waals surface area contributed by atoms with Crippen molar-refractivity contribution in [1.82, 2.24) is 5.32 Å². The number of aliphatic hydroxyl groups excluding tert-OH is 1. The number of hydrogen-bond donors (Lipinski definition) is 2. The Kier molecular flexibility index (Phi) is 4.71. The molecule has 0 amide bonds. The molecule has 0 unspecified atom stereocenters. The fraction of sp³-hybridized carbons (Fsp3) is 0.429. The second-order valence-corrected chi connectivity index (χ2v) is 2.25. The summed E-state index contributed by atoms with van der Waals surface area (Å²) in [6, 6.07) is 0. The molecular weight excluding hydrogens is 160 g/mol. The third kappa shape index (κ3) is 4.45. The van der Waals surface area contributed by atoms with Gasteiger partial charge in [0.2, 0.25) is 5.70 Å². The highest BCUT2D eigenvalue weighted by Gasteiger charge is 1.97. The lowest BCUT2D eigenvalue weighted by Crippen LogP contribution is -2.11. The summed E-state index contributed by atoms with van der Waals surface area (Å²) in [6.07, 6.45) is 2.91. The van der Waals surface area contributed by atoms with E-state index >= 15 is 0 Å². The van der Waals surface area contributed by atoms with Crippen LogP contribution in [-0.4, -0.2) is 16.8 Å². The Labute approximate surface area is 70.5 Å². The van der Waals surface area contributed by atoms with E-state index in [2.05, 4.69) is 5.32 Å². The van der Waals surface area contributed by atoms with Crippen LogP contribution in [0.25, 0.3) is 0 Å². The molecule has 0 aromatic carbocycles. The maximum Gasteiger partial charge on any atom is 0.243 e. The smallest absolute Gasteiger partial charge is 0.243 e. The van der Waals surface area contributed by atoms with Gasteiger partial charge in [0.05, 0.1) is 4.92 Å². The molecule has 0 aromatic rings. The number of hydrogen-bond acceptors (Lipinski definition) is 4. The normalized spacial score (nSPS) is 12.9. The van der Waals surface area contributed by atoms with Gasteiger partial charge in [0.15, 0.2) is 0 Å². The van der Waals surface area contributed by atoms with Crippen LogP contribution in [0.5, 0.6) is 0 Å². The lowest BCUT2D eigenvalue weighted by Gasteiger charge is -1.98. The molecule has 0 aliphatic heterocycles. The van der Waals surface area contributed by atoms with Crippen LogP contribution in [0.15, 0.2) is 23.5 Å². The first kappa shape index (κ1) is 10.6. The van der Waals surface area contributed by atoms with Gasteiger partial charge in [0.25, 0.3) is 0 Å². The van der Waals surface area contributed by atoms with Crippen molar-refractivity contribution in [3.63, 3.8) is 0 Å². The summed E-state index contributed by atoms with van der Waals surface area (Å²) in [6.45, 7) is 2.94. The first-order chi connectivity index (χ1) is 5.57. The van der Waals surface area contributed by atoms with Crippen molar-refractivity contribution in [3.8, 4) is 0 Å². The van der Waals surface area contributed by atoms with Gasteiger partial charge in [0.1, 0.15) is 6.73 Å². The molecule has 0 spiro atoms. The number of allylic oxidation sites excluding steroid dienone is 4. The molecule has 0 aromatic heterocycles. The van der Waals surface area contributed by atoms with Crippen LogP contribution in [-0.2, 0) is 0 Å². The summed E-state index contributed by atoms with van der Waals surface area (Å²) < 4.78 is 0. The van der Waals surface area contributed by atoms with Crippen LogP contribution in [0.4, 0.5) is 0 Å². The van der Waals surface area contributed by atoms with Crippen molar-refractivity contribution < 1.29 is 10.0 Å². The summed E-state index contributed by atoms with van der Waals surface area (Å²) >= 11 is 0. The lowest BCUT2D eigenvalue weighted by molar-refractivity contribution is -0.424. The zero-order valence-corrected chi connectivity index (χ0v) is 7.07. The van der Waals surface area contributed by atoms with E-state index < -0.39 is 4.92 Å². The fourth-order valence-corrected chi connectivity index (χ4v) is 0.490. The van der Waals surface area contributed by atoms with Crippen LogP contribution in [0, 0.1) is 10.1 Å². The maximum atomic E-state index is 10.1. The van der Waals surface area contributed by atoms with Crippen LogP contribution < -0.4 is 5.32 Å². The third-order valence-corrected chi connectivity index (χ3v) is 1.22. The van der Waals surface area contributed by atoms with E-state index in [4.69, 9.17) is 5.11 Å². The first-order valence-corrected chi connectivity index (χ1v) is 3.42. The van der Waals surface area contributed by atoms with E-state index in [1.165, 1.54) is 19.1 Å². The Hall–Kier alpha value is -1.36. The second-order valence-electron chi connectivity index (χ2n) is 2.25. The average molecular weight is 172 g/mol. The van der Waals surface area contributed by atoms with E-state index in [-0.39, 0.29) is 12.4 Å². The number of nitrogens with one attached hydrogen (secondary N) is 1. The predicted octanol–water partition coefficient (Wildman–Crippen LogP) is 0.610. The molecular formula is C7H12N2O3. The lowest BCUT2D eigenvalue weighted by atomic mass is 10.3. The Balaban J connectivity index is 4.17. The minimum atomic E-state index is -0.470. The minimum absolute atomic E-state index is 0.0640. The van der Waals surface area contributed by atoms with Crippen LogP contribution >= 0.6 is 0 Å². The summed E-state index contributed by atoms with van der Waals surface area (Å²) in [5.74, 6) is 0. The summed E-state index contributed by atoms with van der Waals surface area (Å²) in [4.78, 5) is 9.64. The van der Waals surface area contributed by atoms with Crippen molar-refractivity contribution in [2.24, 2.45) is 0 Å². The fourth-order valence-electron chi connectivity index (χ4n) is 0.490. The number of rotatable bonds is 4. The van der Waals surface area contributed by atoms with Crippen molar-refractivity contribution in [1.29, 1.82) is 0 Å². The zero-order valence-electron chi connectivity index (χ0n) is 7.07. The highest BCUT2D eigenvalue weighted by Crippen LogP contribution is 1.95. The summed E-state index contributed by atoms with van der Waals surface area (Å²) in [7, 11) is 0. The maximum absolute atomic E-state index is 10.1. The minimum Gasteiger partial charge on any atom is -0.377 e. The molecule has 5 heteroatoms. The standard InChI is InChI=1S/C7H12N2O3/c1-6(8-5-10)3-4-7(2)9(11)12/h3-4,8,10H,5H2,1-2H3/b6-3+,7-4+. The van der Waals surface area contributed by atoms with Crippen molar-refractivity contribution in [2.45, 2.75) is 13.8 Å². The van der Waals surface area contributed by atoms with Gasteiger partial charge in [-0.3, -0.25) is 10.1 Å². The molecule has 0 saturated carbocycles. The van der Waals surface area contributed by atoms with E-state index in [0.29, 0.717) is 5.70 Å². The molecule has 0 rings (SSSR count). The highest BCUT2D eigenvalue weighted by atomic mass is 16.6. The molecule has 0 fully saturated rings. The van der Waals surface area contributed by atoms with Gasteiger partial charge in [-0.1, -0.05) is 0 Å². The van der Waals surface area contributed by atoms with Gasteiger partial charge in [-0.2, -0.15) is 0 Å². The molecule has 5 nitrogen and oxygen atoms in total. The highest BCUT2D eigenvalue weighted by molar-refractivity contribution is 5.10. The van der Waals surface area contributed by atoms with E-state index in [1.807, 2.05) is 0 Å². The van der Waals surface area contributed by atoms with Crippen molar-refractivity contribution >= 4 is 0 Å². The van der Waals surface area contributed by atoms with Gasteiger partial charge >= 0.3 is 0 Å². The average Bonchev–Trinajstić information content (AvgIpc) is 2.00. The molecule has 0 heterocycles. The third-order valence-electron chi connectivity index (χ3n) is 1.22. The van der Waals surface area contributed by atoms with E-state index in [1.54, 1.807) is 6.92 Å². The quantitative estimate of drug-likeness (QED) is 0.282. The molecule has 0 aliphatic carbocycles. The summed E-state index contributed by atoms with van der Waals surface area (Å²) in [5.41, 5.74) is 0.743. The topological polar surface area (TPSA) is 75.4 Å². The SMILES string of the molecule is C/C(=C\C=C(/C)[N+](=O)[O-])NCO. The molecule has 0 aliphatic rings. The number of nitro groups is 1. The molecule has 0 saturated heterocycles. The van der Waals surface area contributed by atoms with Gasteiger partial charge < -0.3 is 10.4 Å². The van der Waals surface area contributed by atoms with E-state index in [9.17, 15) is 10.1 Å². The van der Waals surface area contributed by atoms with Crippen LogP contribution in [0.1, 0.15) is 13.8 Å². The molecule has 0 atom stereocenters. The number of aliphatic hydroxyl groups is 1.